The molecular weight excluding hydrogens is 1000 g/mol. The van der Waals surface area contributed by atoms with Crippen molar-refractivity contribution in [3.05, 3.63) is 97.2 Å². The number of allylic oxidation sites excluding steroid dienone is 15. The Morgan fingerprint density at radius 1 is 0.468 bits per heavy atom. The molecule has 14 nitrogen and oxygen atoms in total. The number of aliphatic hydroxyl groups excluding tert-OH is 8. The third-order valence-corrected chi connectivity index (χ3v) is 14.5. The summed E-state index contributed by atoms with van der Waals surface area (Å²) in [6.45, 7) is 2.64. The molecule has 454 valence electrons. The van der Waals surface area contributed by atoms with Crippen molar-refractivity contribution < 1.29 is 64.6 Å². The van der Waals surface area contributed by atoms with E-state index in [1.54, 1.807) is 6.08 Å². The lowest BCUT2D eigenvalue weighted by molar-refractivity contribution is -0.359. The van der Waals surface area contributed by atoms with Crippen molar-refractivity contribution in [2.45, 2.75) is 286 Å². The molecule has 0 aliphatic carbocycles. The third-order valence-electron chi connectivity index (χ3n) is 14.5. The second-order valence-electron chi connectivity index (χ2n) is 21.4. The van der Waals surface area contributed by atoms with Crippen LogP contribution in [-0.2, 0) is 23.7 Å². The highest BCUT2D eigenvalue weighted by Crippen LogP contribution is 2.30. The number of ether oxygens (including phenoxy) is 4. The van der Waals surface area contributed by atoms with Crippen LogP contribution in [0.1, 0.15) is 213 Å². The van der Waals surface area contributed by atoms with Crippen molar-refractivity contribution in [2.24, 2.45) is 0 Å². The minimum atomic E-state index is -1.80. The van der Waals surface area contributed by atoms with Crippen LogP contribution >= 0.6 is 0 Å². The molecule has 0 spiro atoms. The molecule has 2 heterocycles. The highest BCUT2D eigenvalue weighted by atomic mass is 16.7. The van der Waals surface area contributed by atoms with Crippen LogP contribution < -0.4 is 5.32 Å². The molecule has 0 saturated carbocycles. The van der Waals surface area contributed by atoms with E-state index in [4.69, 9.17) is 18.9 Å². The van der Waals surface area contributed by atoms with Gasteiger partial charge >= 0.3 is 0 Å². The van der Waals surface area contributed by atoms with Crippen LogP contribution in [-0.4, -0.2) is 140 Å². The Morgan fingerprint density at radius 2 is 0.886 bits per heavy atom. The van der Waals surface area contributed by atoms with Crippen LogP contribution in [0.4, 0.5) is 0 Å². The zero-order valence-electron chi connectivity index (χ0n) is 48.8. The van der Waals surface area contributed by atoms with Crippen LogP contribution in [0.15, 0.2) is 97.2 Å². The fourth-order valence-electron chi connectivity index (χ4n) is 9.53. The molecule has 2 aliphatic heterocycles. The van der Waals surface area contributed by atoms with E-state index in [1.807, 2.05) is 6.08 Å². The molecule has 12 atom stereocenters. The van der Waals surface area contributed by atoms with Gasteiger partial charge in [0.2, 0.25) is 5.91 Å². The SMILES string of the molecule is CC/C=C\C/C=C\C/C=C\C/C=C\C/C=C\CCCCCCCC(=O)NC(COC1OC(CO)C(OC2OC(CO)C(O)C(O)C2O)C(O)C1O)C(O)/C=C/CC/C=C/CC/C=C/CCCCCCCCCCCCCCCC. The summed E-state index contributed by atoms with van der Waals surface area (Å²) in [5.74, 6) is -0.275. The summed E-state index contributed by atoms with van der Waals surface area (Å²) in [5, 5.41) is 87.1. The van der Waals surface area contributed by atoms with Gasteiger partial charge in [0, 0.05) is 6.42 Å². The fourth-order valence-corrected chi connectivity index (χ4v) is 9.53. The zero-order valence-corrected chi connectivity index (χ0v) is 48.8. The van der Waals surface area contributed by atoms with E-state index in [1.165, 1.54) is 89.9 Å². The molecule has 2 rings (SSSR count). The number of nitrogens with one attached hydrogen (secondary N) is 1. The van der Waals surface area contributed by atoms with Crippen molar-refractivity contribution in [3.63, 3.8) is 0 Å². The maximum absolute atomic E-state index is 13.3. The normalized spacial score (nSPS) is 25.1. The van der Waals surface area contributed by atoms with Crippen LogP contribution in [0.3, 0.4) is 0 Å². The van der Waals surface area contributed by atoms with Crippen LogP contribution in [0.25, 0.3) is 0 Å². The molecule has 0 radical (unpaired) electrons. The molecule has 2 aliphatic rings. The molecule has 1 amide bonds. The predicted molar refractivity (Wildman–Crippen MR) is 318 cm³/mol. The minimum absolute atomic E-state index is 0.242. The Labute approximate surface area is 477 Å². The van der Waals surface area contributed by atoms with Gasteiger partial charge in [-0.2, -0.15) is 0 Å². The quantitative estimate of drug-likeness (QED) is 0.0204. The average molecular weight is 1110 g/mol. The number of aliphatic hydroxyl groups is 8. The summed E-state index contributed by atoms with van der Waals surface area (Å²) in [4.78, 5) is 13.3. The summed E-state index contributed by atoms with van der Waals surface area (Å²) < 4.78 is 22.8. The molecule has 0 aromatic carbocycles. The van der Waals surface area contributed by atoms with Gasteiger partial charge in [-0.05, 0) is 89.9 Å². The summed E-state index contributed by atoms with van der Waals surface area (Å²) in [5.41, 5.74) is 0. The molecular formula is C65H111NO13. The fraction of sp³-hybridized carbons (Fsp3) is 0.738. The van der Waals surface area contributed by atoms with E-state index >= 15 is 0 Å². The Morgan fingerprint density at radius 3 is 1.39 bits per heavy atom. The van der Waals surface area contributed by atoms with E-state index in [0.29, 0.717) is 12.8 Å². The third kappa shape index (κ3) is 34.8. The molecule has 79 heavy (non-hydrogen) atoms. The largest absolute Gasteiger partial charge is 0.394 e. The summed E-state index contributed by atoms with van der Waals surface area (Å²) in [6.07, 6.45) is 51.6. The number of hydrogen-bond donors (Lipinski definition) is 9. The van der Waals surface area contributed by atoms with Gasteiger partial charge in [0.25, 0.3) is 0 Å². The first-order valence-electron chi connectivity index (χ1n) is 31.0. The Bertz CT molecular complexity index is 1690. The molecule has 0 aromatic rings. The maximum atomic E-state index is 13.3. The van der Waals surface area contributed by atoms with Crippen LogP contribution in [0.2, 0.25) is 0 Å². The maximum Gasteiger partial charge on any atom is 0.220 e. The van der Waals surface area contributed by atoms with E-state index < -0.39 is 86.8 Å². The monoisotopic (exact) mass is 1110 g/mol. The standard InChI is InChI=1S/C65H111NO13/c1-3-5-7-9-11-13-15-17-19-21-23-25-26-27-29-30-32-34-36-38-40-42-44-46-48-54(69)53(52-76-64-62(75)60(73)63(56(51-68)78-64)79-65-61(74)59(72)58(71)55(50-67)77-65)66-57(70)49-47-45-43-41-39-37-35-33-31-28-24-22-20-18-16-14-12-10-8-6-4-2/h6,8,12,14,18,20,24,28,30,32-33,35,38,40,46,48,53-56,58-65,67-69,71-75H,3-5,7,9-11,13,15-17,19,21-23,25-27,29,31,34,36-37,39,41-45,47,49-52H2,1-2H3,(H,66,70)/b8-6-,14-12-,20-18-,28-24-,32-30+,35-33-,40-38+,48-46+. The van der Waals surface area contributed by atoms with E-state index in [-0.39, 0.29) is 18.9 Å². The molecule has 2 saturated heterocycles. The zero-order chi connectivity index (χ0) is 57.4. The van der Waals surface area contributed by atoms with Crippen molar-refractivity contribution in [1.29, 1.82) is 0 Å². The lowest BCUT2D eigenvalue weighted by Gasteiger charge is -2.46. The van der Waals surface area contributed by atoms with Gasteiger partial charge in [-0.15, -0.1) is 0 Å². The molecule has 0 aromatic heterocycles. The van der Waals surface area contributed by atoms with Gasteiger partial charge in [0.05, 0.1) is 32.0 Å². The minimum Gasteiger partial charge on any atom is -0.394 e. The van der Waals surface area contributed by atoms with Gasteiger partial charge in [-0.1, -0.05) is 214 Å². The Hall–Kier alpha value is -3.09. The number of carbonyl (C=O) groups excluding carboxylic acids is 1. The Kier molecular flexibility index (Phi) is 45.1. The van der Waals surface area contributed by atoms with Crippen molar-refractivity contribution >= 4 is 5.91 Å². The molecule has 14 heteroatoms. The first-order chi connectivity index (χ1) is 38.6. The number of rotatable bonds is 48. The first kappa shape index (κ1) is 72.0. The molecule has 0 bridgehead atoms. The van der Waals surface area contributed by atoms with Gasteiger partial charge in [0.1, 0.15) is 48.8 Å². The lowest BCUT2D eigenvalue weighted by atomic mass is 9.97. The number of carbonyl (C=O) groups is 1. The van der Waals surface area contributed by atoms with Gasteiger partial charge in [0.15, 0.2) is 12.6 Å². The van der Waals surface area contributed by atoms with Crippen LogP contribution in [0.5, 0.6) is 0 Å². The summed E-state index contributed by atoms with van der Waals surface area (Å²) >= 11 is 0. The van der Waals surface area contributed by atoms with E-state index in [2.05, 4.69) is 104 Å². The number of amides is 1. The number of hydrogen-bond acceptors (Lipinski definition) is 13. The van der Waals surface area contributed by atoms with E-state index in [9.17, 15) is 45.6 Å². The molecule has 12 unspecified atom stereocenters. The highest BCUT2D eigenvalue weighted by Gasteiger charge is 2.51. The van der Waals surface area contributed by atoms with E-state index in [0.717, 1.165) is 89.9 Å². The lowest BCUT2D eigenvalue weighted by Crippen LogP contribution is -2.65. The first-order valence-corrected chi connectivity index (χ1v) is 31.0. The second kappa shape index (κ2) is 49.5. The van der Waals surface area contributed by atoms with Crippen molar-refractivity contribution in [3.8, 4) is 0 Å². The summed E-state index contributed by atoms with van der Waals surface area (Å²) in [7, 11) is 0. The van der Waals surface area contributed by atoms with Crippen molar-refractivity contribution in [1.82, 2.24) is 5.32 Å². The number of unbranched alkanes of at least 4 members (excludes halogenated alkanes) is 21. The highest BCUT2D eigenvalue weighted by molar-refractivity contribution is 5.76. The van der Waals surface area contributed by atoms with Gasteiger partial charge in [-0.3, -0.25) is 4.79 Å². The summed E-state index contributed by atoms with van der Waals surface area (Å²) in [6, 6.07) is -0.956. The Balaban J connectivity index is 1.80. The second-order valence-corrected chi connectivity index (χ2v) is 21.4. The average Bonchev–Trinajstić information content (AvgIpc) is 3.47. The van der Waals surface area contributed by atoms with Gasteiger partial charge < -0.3 is 65.1 Å². The van der Waals surface area contributed by atoms with Gasteiger partial charge in [-0.25, -0.2) is 0 Å². The van der Waals surface area contributed by atoms with Crippen molar-refractivity contribution in [2.75, 3.05) is 19.8 Å². The molecule has 2 fully saturated rings. The van der Waals surface area contributed by atoms with Crippen LogP contribution in [0, 0.1) is 0 Å². The topological polar surface area (TPSA) is 228 Å². The predicted octanol–water partition coefficient (Wildman–Crippen LogP) is 11.1. The molecule has 9 N–H and O–H groups in total. The smallest absolute Gasteiger partial charge is 0.220 e.